The van der Waals surface area contributed by atoms with Crippen molar-refractivity contribution >= 4 is 77.6 Å². The average Bonchev–Trinajstić information content (AvgIpc) is 1.69. The number of fused-ring (bicyclic) bond motifs is 10. The summed E-state index contributed by atoms with van der Waals surface area (Å²) in [6, 6.07) is 1.76. The monoisotopic (exact) mass is 1780 g/mol. The van der Waals surface area contributed by atoms with Gasteiger partial charge < -0.3 is 116 Å². The molecular weight excluding hydrogens is 1650 g/mol. The molecule has 1 saturated carbocycles. The number of aliphatic hydroxyl groups is 1. The minimum Gasteiger partial charge on any atom is -1.00 e. The first-order valence-corrected chi connectivity index (χ1v) is 45.2. The molecule has 4 amide bonds. The number of nitrogens with zero attached hydrogens (tertiary/aromatic N) is 8. The van der Waals surface area contributed by atoms with Crippen molar-refractivity contribution < 1.29 is 133 Å². The number of hydrogen-bond acceptors (Lipinski definition) is 27. The first kappa shape index (κ1) is 102. The normalized spacial score (nSPS) is 26.7. The number of allylic oxidation sites excluding steroid dienone is 1. The molecule has 35 heteroatoms. The minimum atomic E-state index is -3.23. The summed E-state index contributed by atoms with van der Waals surface area (Å²) in [5.41, 5.74) is -1.78. The van der Waals surface area contributed by atoms with E-state index in [4.69, 9.17) is 33.6 Å². The second-order valence-electron chi connectivity index (χ2n) is 36.1. The molecule has 0 aromatic carbocycles. The van der Waals surface area contributed by atoms with Crippen LogP contribution in [-0.4, -0.2) is 265 Å². The zero-order chi connectivity index (χ0) is 85.1. The van der Waals surface area contributed by atoms with Gasteiger partial charge in [0.05, 0.1) is 37.2 Å². The number of likely N-dealkylation sites (tertiary alicyclic amines) is 1. The number of carbonyl (C=O) groups is 8. The number of amides is 4. The molecule has 10 atom stereocenters. The number of esters is 2. The summed E-state index contributed by atoms with van der Waals surface area (Å²) in [5, 5.41) is 25.7. The van der Waals surface area contributed by atoms with Crippen LogP contribution < -0.4 is 24.0 Å². The maximum absolute atomic E-state index is 12.3. The summed E-state index contributed by atoms with van der Waals surface area (Å²) in [6.45, 7) is 28.6. The van der Waals surface area contributed by atoms with E-state index in [1.807, 2.05) is 104 Å². The highest BCUT2D eigenvalue weighted by Crippen LogP contribution is 2.47. The maximum atomic E-state index is 12.3. The number of aldehydes is 1. The van der Waals surface area contributed by atoms with Crippen LogP contribution in [0.2, 0.25) is 0 Å². The van der Waals surface area contributed by atoms with Crippen molar-refractivity contribution in [2.45, 2.75) is 308 Å². The molecule has 0 aromatic heterocycles. The fraction of sp³-hybridized carbons (Fsp3) is 0.850. The van der Waals surface area contributed by atoms with Crippen molar-refractivity contribution in [2.24, 2.45) is 39.9 Å². The van der Waals surface area contributed by atoms with Crippen molar-refractivity contribution in [3.05, 3.63) is 22.3 Å². The van der Waals surface area contributed by atoms with E-state index in [2.05, 4.69) is 38.6 Å². The number of Topliss-reactive ketones (excluding diaryl/α,β-unsaturated/α-hetero) is 1. The summed E-state index contributed by atoms with van der Waals surface area (Å²) < 4.78 is 66.6. The number of ketones is 1. The third kappa shape index (κ3) is 36.8. The number of ether oxygens (including phenoxy) is 7. The number of amidine groups is 1. The number of halogens is 1. The first-order valence-electron chi connectivity index (χ1n) is 40.7. The standard InChI is InChI=1S/C16H25NO4.C15H27NO3.C13H22N2O2.C13H21NO3.C12H19NO3.C5H11O5P.C3H4N2O3.C3H9OS.HI/c1-16(2,3)21-15(19)17-12-6-7-13(17)10-11(9-12)5-8-14(18)20-4;1-15(2,3)19-14(18)16-12-6-7-13(16)10-11(9-12)5-4-8-17;1(6-16-13-4-7-17-14-13)5-15-9-11-2-3-12(8-11)10-15;1-13(2,3)17-12(16)14-10-4-5-11(14)7-9(6-10)8-15;1-12(2,3)16-11(15)13-8-4-5-9(13)7-10(14)6-8;1-8-5(6)4-11(7,9-2)10-3;6-5(7)3-1-2-8-4-3;1-5(2,3)4;/h5,8,11-13H,6-7,9-10H2,1-4H3;11-13,17H,4-10H2,1-3H3;11-12H,1-10H2;8-11H,4-7H2,1-3H3;8-9H,4-7H2,1-3H3;4H2,1-3H3;1-2H2;1-3H3;1H/q;;;;;;;+1;/p-1/b8-5+;;;;;;;;. The van der Waals surface area contributed by atoms with E-state index in [0.29, 0.717) is 56.4 Å². The number of methoxy groups -OCH3 is 2. The third-order valence-corrected chi connectivity index (χ3v) is 22.8. The van der Waals surface area contributed by atoms with Crippen LogP contribution in [0.4, 0.5) is 19.2 Å². The topological polar surface area (TPSA) is 377 Å². The molecule has 11 aliphatic heterocycles. The van der Waals surface area contributed by atoms with Gasteiger partial charge in [0.2, 0.25) is 5.90 Å². The van der Waals surface area contributed by atoms with E-state index >= 15 is 0 Å². The fourth-order valence-corrected chi connectivity index (χ4v) is 17.4. The molecule has 9 saturated heterocycles. The molecule has 0 spiro atoms. The molecule has 10 fully saturated rings. The van der Waals surface area contributed by atoms with Gasteiger partial charge in [-0.3, -0.25) is 19.0 Å². The maximum Gasteiger partial charge on any atom is 0.410 e. The van der Waals surface area contributed by atoms with Gasteiger partial charge >= 0.3 is 49.7 Å². The van der Waals surface area contributed by atoms with Crippen LogP contribution in [-0.2, 0) is 89.8 Å². The van der Waals surface area contributed by atoms with Gasteiger partial charge in [-0.15, -0.1) is 4.21 Å². The Morgan fingerprint density at radius 1 is 0.583 bits per heavy atom. The molecule has 1 aliphatic carbocycles. The molecule has 660 valence electrons. The van der Waals surface area contributed by atoms with E-state index in [9.17, 15) is 57.2 Å². The van der Waals surface area contributed by atoms with Crippen LogP contribution in [0.1, 0.15) is 237 Å². The highest BCUT2D eigenvalue weighted by molar-refractivity contribution is 8.00. The molecule has 0 aromatic rings. The third-order valence-electron chi connectivity index (χ3n) is 21.1. The van der Waals surface area contributed by atoms with Gasteiger partial charge in [-0.05, 0) is 240 Å². The number of rotatable bonds is 14. The summed E-state index contributed by atoms with van der Waals surface area (Å²) in [4.78, 5) is 121. The average molecular weight is 1790 g/mol. The molecule has 10 bridgehead atoms. The summed E-state index contributed by atoms with van der Waals surface area (Å²) in [6.07, 6.45) is 31.8. The van der Waals surface area contributed by atoms with Gasteiger partial charge in [0.25, 0.3) is 0 Å². The van der Waals surface area contributed by atoms with Gasteiger partial charge in [-0.2, -0.15) is 0 Å². The molecule has 32 nitrogen and oxygen atoms in total. The van der Waals surface area contributed by atoms with Gasteiger partial charge in [-0.1, -0.05) is 11.2 Å². The van der Waals surface area contributed by atoms with E-state index in [1.54, 1.807) is 23.7 Å². The van der Waals surface area contributed by atoms with Crippen LogP contribution in [0.3, 0.4) is 0 Å². The summed E-state index contributed by atoms with van der Waals surface area (Å²) in [7, 11) is 0.369. The lowest BCUT2D eigenvalue weighted by Crippen LogP contribution is -3.00. The van der Waals surface area contributed by atoms with Gasteiger partial charge in [0.15, 0.2) is 11.8 Å². The highest BCUT2D eigenvalue weighted by atomic mass is 127. The largest absolute Gasteiger partial charge is 1.00 e. The molecule has 10 unspecified atom stereocenters. The number of aliphatic hydroxyl groups excluding tert-OH is 1. The Bertz CT molecular complexity index is 3250. The molecule has 115 heavy (non-hydrogen) atoms. The lowest BCUT2D eigenvalue weighted by Gasteiger charge is -2.39. The van der Waals surface area contributed by atoms with Gasteiger partial charge in [0.1, 0.15) is 72.4 Å². The fourth-order valence-electron chi connectivity index (χ4n) is 16.5. The SMILES string of the molecule is C(COC1=NOCC1)CN1CC2CCC(C2)C1.CC(C)(C)OC(=O)N1C2CCC1CC(=O)C2.CC(C)(C)OC(=O)N1C2CCC1CC(C=O)C2.CC(C)(C)OC(=O)N1C2CCC1CC(CCCO)C2.COC(=O)/C=C/C1CC2CCC(C1)N2C(=O)OC(C)(C)C.COC(=O)CP(=O)(OC)OC.C[S+](C)(C)=O.O=[N+]([O-])C1=NOCC1.[I-]. The van der Waals surface area contributed by atoms with E-state index in [-0.39, 0.29) is 121 Å². The van der Waals surface area contributed by atoms with Crippen molar-refractivity contribution in [3.63, 3.8) is 0 Å². The van der Waals surface area contributed by atoms with Gasteiger partial charge in [0, 0.05) is 114 Å². The molecular formula is C80H138IN8O24PS. The lowest BCUT2D eigenvalue weighted by molar-refractivity contribution is -0.352. The quantitative estimate of drug-likeness (QED) is 0.0161. The number of carbonyl (C=O) groups excluding carboxylic acids is 8. The highest BCUT2D eigenvalue weighted by Gasteiger charge is 2.49. The summed E-state index contributed by atoms with van der Waals surface area (Å²) >= 11 is 0. The van der Waals surface area contributed by atoms with Crippen LogP contribution in [0.5, 0.6) is 0 Å². The second kappa shape index (κ2) is 47.3. The van der Waals surface area contributed by atoms with Crippen LogP contribution >= 0.6 is 7.60 Å². The molecule has 11 heterocycles. The Morgan fingerprint density at radius 3 is 1.31 bits per heavy atom. The first-order chi connectivity index (χ1) is 53.3. The van der Waals surface area contributed by atoms with E-state index < -0.39 is 50.8 Å². The van der Waals surface area contributed by atoms with Crippen molar-refractivity contribution in [3.8, 4) is 0 Å². The predicted molar refractivity (Wildman–Crippen MR) is 431 cm³/mol. The smallest absolute Gasteiger partial charge is 0.410 e. The Morgan fingerprint density at radius 2 is 0.974 bits per heavy atom. The zero-order valence-electron chi connectivity index (χ0n) is 72.0. The van der Waals surface area contributed by atoms with Crippen LogP contribution in [0, 0.1) is 39.7 Å². The van der Waals surface area contributed by atoms with Crippen LogP contribution in [0.25, 0.3) is 0 Å². The number of hydrogen-bond donors (Lipinski definition) is 1. The predicted octanol–water partition coefficient (Wildman–Crippen LogP) is 10.2. The molecule has 1 N–H and O–H groups in total. The number of oxime groups is 2. The second-order valence-corrected chi connectivity index (χ2v) is 41.8. The zero-order valence-corrected chi connectivity index (χ0v) is 75.9. The minimum absolute atomic E-state index is 0. The lowest BCUT2D eigenvalue weighted by atomic mass is 9.87. The Hall–Kier alpha value is -5.81. The Balaban J connectivity index is 0.000000283. The number of piperidine rings is 5. The molecule has 12 aliphatic rings. The molecule has 0 radical (unpaired) electrons. The van der Waals surface area contributed by atoms with Gasteiger partial charge in [-0.25, -0.2) is 24.0 Å². The Kier molecular flexibility index (Phi) is 41.7. The molecule has 12 rings (SSSR count). The van der Waals surface area contributed by atoms with E-state index in [0.717, 1.165) is 146 Å². The Labute approximate surface area is 700 Å². The van der Waals surface area contributed by atoms with Crippen LogP contribution in [0.15, 0.2) is 22.5 Å². The van der Waals surface area contributed by atoms with Crippen molar-refractivity contribution in [1.29, 1.82) is 0 Å². The summed E-state index contributed by atoms with van der Waals surface area (Å²) in [5.74, 6) is 3.16. The van der Waals surface area contributed by atoms with Crippen molar-refractivity contribution in [2.75, 3.05) is 99.4 Å². The van der Waals surface area contributed by atoms with E-state index in [1.165, 1.54) is 73.4 Å². The van der Waals surface area contributed by atoms with Crippen molar-refractivity contribution in [1.82, 2.24) is 24.5 Å². The number of nitro groups is 1.